The summed E-state index contributed by atoms with van der Waals surface area (Å²) in [7, 11) is 0. The first-order valence-electron chi connectivity index (χ1n) is 2.92. The Morgan fingerprint density at radius 2 is 2.44 bits per heavy atom. The molecule has 0 saturated carbocycles. The fraction of sp³-hybridized carbons (Fsp3) is 0.143. The second-order valence-corrected chi connectivity index (χ2v) is 2.02. The largest absolute Gasteiger partial charge is 0.262 e. The standard InChI is InChI=1S/C7H6N2/c1-3-8-5-7-6(1)2-4-9-7/h1,3-5H,2H2. The molecule has 0 radical (unpaired) electrons. The summed E-state index contributed by atoms with van der Waals surface area (Å²) in [5, 5.41) is 0. The lowest BCUT2D eigenvalue weighted by atomic mass is 10.2. The lowest BCUT2D eigenvalue weighted by Crippen LogP contribution is -1.77. The van der Waals surface area contributed by atoms with Gasteiger partial charge in [-0.25, -0.2) is 0 Å². The van der Waals surface area contributed by atoms with Crippen molar-refractivity contribution in [3.05, 3.63) is 24.0 Å². The highest BCUT2D eigenvalue weighted by atomic mass is 14.8. The van der Waals surface area contributed by atoms with Crippen molar-refractivity contribution < 1.29 is 0 Å². The Hall–Kier alpha value is -1.18. The van der Waals surface area contributed by atoms with Gasteiger partial charge in [0.05, 0.1) is 11.9 Å². The summed E-state index contributed by atoms with van der Waals surface area (Å²) in [6.07, 6.45) is 6.47. The average Bonchev–Trinajstić information content (AvgIpc) is 2.33. The molecule has 0 unspecified atom stereocenters. The lowest BCUT2D eigenvalue weighted by molar-refractivity contribution is 1.27. The molecular weight excluding hydrogens is 112 g/mol. The topological polar surface area (TPSA) is 25.2 Å². The molecule has 1 aromatic heterocycles. The molecule has 2 rings (SSSR count). The van der Waals surface area contributed by atoms with E-state index in [2.05, 4.69) is 9.98 Å². The Bertz CT molecular complexity index is 253. The molecule has 2 nitrogen and oxygen atoms in total. The number of hydrogen-bond acceptors (Lipinski definition) is 2. The predicted octanol–water partition coefficient (Wildman–Crippen LogP) is 1.34. The van der Waals surface area contributed by atoms with Crippen LogP contribution in [0.25, 0.3) is 0 Å². The highest BCUT2D eigenvalue weighted by Crippen LogP contribution is 2.20. The first-order valence-corrected chi connectivity index (χ1v) is 2.92. The van der Waals surface area contributed by atoms with Crippen molar-refractivity contribution >= 4 is 11.9 Å². The van der Waals surface area contributed by atoms with E-state index in [4.69, 9.17) is 0 Å². The van der Waals surface area contributed by atoms with Crippen LogP contribution in [0.2, 0.25) is 0 Å². The van der Waals surface area contributed by atoms with Crippen molar-refractivity contribution in [1.29, 1.82) is 0 Å². The average molecular weight is 118 g/mol. The molecule has 9 heavy (non-hydrogen) atoms. The van der Waals surface area contributed by atoms with Crippen LogP contribution in [0.3, 0.4) is 0 Å². The molecule has 44 valence electrons. The van der Waals surface area contributed by atoms with Gasteiger partial charge in [0, 0.05) is 18.8 Å². The maximum absolute atomic E-state index is 4.11. The van der Waals surface area contributed by atoms with Gasteiger partial charge in [-0.05, 0) is 11.6 Å². The molecule has 1 aliphatic rings. The highest BCUT2D eigenvalue weighted by Gasteiger charge is 2.02. The summed E-state index contributed by atoms with van der Waals surface area (Å²) in [6.45, 7) is 0. The van der Waals surface area contributed by atoms with Crippen LogP contribution in [0.1, 0.15) is 5.56 Å². The van der Waals surface area contributed by atoms with Gasteiger partial charge < -0.3 is 0 Å². The van der Waals surface area contributed by atoms with E-state index in [9.17, 15) is 0 Å². The predicted molar refractivity (Wildman–Crippen MR) is 36.1 cm³/mol. The van der Waals surface area contributed by atoms with E-state index in [1.54, 1.807) is 12.4 Å². The monoisotopic (exact) mass is 118 g/mol. The van der Waals surface area contributed by atoms with E-state index >= 15 is 0 Å². The third-order valence-electron chi connectivity index (χ3n) is 1.43. The van der Waals surface area contributed by atoms with Gasteiger partial charge in [0.15, 0.2) is 0 Å². The SMILES string of the molecule is C1=Nc2cnccc2C1. The second kappa shape index (κ2) is 1.65. The molecule has 2 heteroatoms. The second-order valence-electron chi connectivity index (χ2n) is 2.02. The van der Waals surface area contributed by atoms with Crippen molar-refractivity contribution in [2.45, 2.75) is 6.42 Å². The number of aromatic nitrogens is 1. The molecule has 0 aromatic carbocycles. The van der Waals surface area contributed by atoms with Gasteiger partial charge in [0.2, 0.25) is 0 Å². The summed E-state index contributed by atoms with van der Waals surface area (Å²) in [6, 6.07) is 2.00. The quantitative estimate of drug-likeness (QED) is 0.504. The zero-order valence-corrected chi connectivity index (χ0v) is 4.91. The van der Waals surface area contributed by atoms with Crippen LogP contribution in [0.15, 0.2) is 23.5 Å². The smallest absolute Gasteiger partial charge is 0.0844 e. The normalized spacial score (nSPS) is 13.8. The van der Waals surface area contributed by atoms with Crippen LogP contribution < -0.4 is 0 Å². The molecule has 0 saturated heterocycles. The molecular formula is C7H6N2. The molecule has 0 aliphatic carbocycles. The Balaban J connectivity index is 2.63. The number of hydrogen-bond donors (Lipinski definition) is 0. The molecule has 0 bridgehead atoms. The van der Waals surface area contributed by atoms with E-state index < -0.39 is 0 Å². The van der Waals surface area contributed by atoms with E-state index in [0.717, 1.165) is 12.1 Å². The molecule has 2 heterocycles. The van der Waals surface area contributed by atoms with E-state index in [0.29, 0.717) is 0 Å². The van der Waals surface area contributed by atoms with Crippen LogP contribution in [0.5, 0.6) is 0 Å². The molecule has 0 N–H and O–H groups in total. The number of rotatable bonds is 0. The Labute approximate surface area is 53.3 Å². The minimum absolute atomic E-state index is 0.970. The Morgan fingerprint density at radius 1 is 1.44 bits per heavy atom. The molecule has 0 amide bonds. The summed E-state index contributed by atoms with van der Waals surface area (Å²) in [5.74, 6) is 0. The number of aliphatic imine (C=N–C) groups is 1. The van der Waals surface area contributed by atoms with Gasteiger partial charge in [-0.1, -0.05) is 0 Å². The summed E-state index contributed by atoms with van der Waals surface area (Å²) < 4.78 is 0. The van der Waals surface area contributed by atoms with Gasteiger partial charge in [0.25, 0.3) is 0 Å². The zero-order chi connectivity index (χ0) is 6.10. The molecule has 1 aliphatic heterocycles. The number of fused-ring (bicyclic) bond motifs is 1. The minimum atomic E-state index is 0.970. The van der Waals surface area contributed by atoms with E-state index in [-0.39, 0.29) is 0 Å². The van der Waals surface area contributed by atoms with Crippen molar-refractivity contribution in [3.63, 3.8) is 0 Å². The lowest BCUT2D eigenvalue weighted by Gasteiger charge is -1.90. The Morgan fingerprint density at radius 3 is 3.33 bits per heavy atom. The first kappa shape index (κ1) is 4.68. The number of pyridine rings is 1. The maximum Gasteiger partial charge on any atom is 0.0844 e. The Kier molecular flexibility index (Phi) is 0.859. The summed E-state index contributed by atoms with van der Waals surface area (Å²) >= 11 is 0. The van der Waals surface area contributed by atoms with Crippen molar-refractivity contribution in [2.24, 2.45) is 4.99 Å². The van der Waals surface area contributed by atoms with E-state index in [1.165, 1.54) is 5.56 Å². The maximum atomic E-state index is 4.11. The van der Waals surface area contributed by atoms with Crippen LogP contribution >= 0.6 is 0 Å². The molecule has 0 fully saturated rings. The van der Waals surface area contributed by atoms with Crippen molar-refractivity contribution in [2.75, 3.05) is 0 Å². The zero-order valence-electron chi connectivity index (χ0n) is 4.91. The van der Waals surface area contributed by atoms with Crippen molar-refractivity contribution in [3.8, 4) is 0 Å². The third-order valence-corrected chi connectivity index (χ3v) is 1.43. The van der Waals surface area contributed by atoms with Gasteiger partial charge in [-0.15, -0.1) is 0 Å². The highest BCUT2D eigenvalue weighted by molar-refractivity contribution is 5.74. The molecule has 1 aromatic rings. The van der Waals surface area contributed by atoms with Gasteiger partial charge >= 0.3 is 0 Å². The van der Waals surface area contributed by atoms with Crippen LogP contribution in [-0.4, -0.2) is 11.2 Å². The fourth-order valence-electron chi connectivity index (χ4n) is 0.946. The minimum Gasteiger partial charge on any atom is -0.262 e. The van der Waals surface area contributed by atoms with E-state index in [1.807, 2.05) is 12.3 Å². The van der Waals surface area contributed by atoms with Crippen LogP contribution in [0.4, 0.5) is 5.69 Å². The molecule has 0 atom stereocenters. The number of nitrogens with zero attached hydrogens (tertiary/aromatic N) is 2. The van der Waals surface area contributed by atoms with Crippen molar-refractivity contribution in [1.82, 2.24) is 4.98 Å². The van der Waals surface area contributed by atoms with Gasteiger partial charge in [0.1, 0.15) is 0 Å². The van der Waals surface area contributed by atoms with Gasteiger partial charge in [-0.3, -0.25) is 9.98 Å². The summed E-state index contributed by atoms with van der Waals surface area (Å²) in [4.78, 5) is 8.05. The fourth-order valence-corrected chi connectivity index (χ4v) is 0.946. The van der Waals surface area contributed by atoms with Crippen LogP contribution in [-0.2, 0) is 6.42 Å². The first-order chi connectivity index (χ1) is 4.47. The van der Waals surface area contributed by atoms with Crippen LogP contribution in [0, 0.1) is 0 Å². The summed E-state index contributed by atoms with van der Waals surface area (Å²) in [5.41, 5.74) is 2.31. The molecule has 0 spiro atoms. The van der Waals surface area contributed by atoms with Gasteiger partial charge in [-0.2, -0.15) is 0 Å². The third kappa shape index (κ3) is 0.633.